The van der Waals surface area contributed by atoms with Crippen molar-refractivity contribution in [3.8, 4) is 0 Å². The lowest BCUT2D eigenvalue weighted by Crippen LogP contribution is -2.44. The van der Waals surface area contributed by atoms with E-state index in [-0.39, 0.29) is 6.04 Å². The van der Waals surface area contributed by atoms with Crippen molar-refractivity contribution in [1.82, 2.24) is 20.4 Å². The fourth-order valence-electron chi connectivity index (χ4n) is 3.26. The second-order valence-electron chi connectivity index (χ2n) is 6.81. The summed E-state index contributed by atoms with van der Waals surface area (Å²) in [7, 11) is 4.00. The minimum absolute atomic E-state index is 0.267. The molecule has 6 nitrogen and oxygen atoms in total. The maximum Gasteiger partial charge on any atom is 0.191 e. The van der Waals surface area contributed by atoms with Gasteiger partial charge in [0, 0.05) is 26.7 Å². The summed E-state index contributed by atoms with van der Waals surface area (Å²) in [4.78, 5) is 9.21. The van der Waals surface area contributed by atoms with Crippen LogP contribution in [0.4, 0.5) is 0 Å². The van der Waals surface area contributed by atoms with Crippen LogP contribution in [-0.2, 0) is 0 Å². The molecule has 2 heterocycles. The van der Waals surface area contributed by atoms with Crippen LogP contribution in [0.2, 0.25) is 0 Å². The molecule has 2 N–H and O–H groups in total. The lowest BCUT2D eigenvalue weighted by atomic mass is 10.2. The molecule has 1 aromatic rings. The summed E-state index contributed by atoms with van der Waals surface area (Å²) in [5.41, 5.74) is 0. The van der Waals surface area contributed by atoms with Gasteiger partial charge in [-0.05, 0) is 58.1 Å². The Labute approximate surface area is 152 Å². The van der Waals surface area contributed by atoms with Gasteiger partial charge in [0.2, 0.25) is 0 Å². The van der Waals surface area contributed by atoms with Crippen molar-refractivity contribution in [1.29, 1.82) is 0 Å². The number of likely N-dealkylation sites (tertiary alicyclic amines) is 1. The number of unbranched alkanes of at least 4 members (excludes halogenated alkanes) is 1. The molecule has 6 heteroatoms. The Balaban J connectivity index is 1.77. The zero-order valence-electron chi connectivity index (χ0n) is 16.1. The molecule has 25 heavy (non-hydrogen) atoms. The first-order valence-electron chi connectivity index (χ1n) is 9.65. The van der Waals surface area contributed by atoms with Crippen LogP contribution in [0.15, 0.2) is 27.8 Å². The van der Waals surface area contributed by atoms with Gasteiger partial charge in [0.1, 0.15) is 5.76 Å². The second kappa shape index (κ2) is 11.2. The monoisotopic (exact) mass is 349 g/mol. The minimum Gasteiger partial charge on any atom is -0.468 e. The van der Waals surface area contributed by atoms with Gasteiger partial charge in [0.05, 0.1) is 12.3 Å². The highest BCUT2D eigenvalue weighted by Crippen LogP contribution is 2.24. The molecule has 0 bridgehead atoms. The number of hydrogen-bond acceptors (Lipinski definition) is 4. The van der Waals surface area contributed by atoms with Gasteiger partial charge in [0.25, 0.3) is 0 Å². The predicted octanol–water partition coefficient (Wildman–Crippen LogP) is 2.31. The molecule has 1 aliphatic heterocycles. The molecule has 1 aromatic heterocycles. The van der Waals surface area contributed by atoms with Crippen molar-refractivity contribution in [2.24, 2.45) is 4.99 Å². The van der Waals surface area contributed by atoms with E-state index < -0.39 is 0 Å². The molecular formula is C19H35N5O. The van der Waals surface area contributed by atoms with E-state index >= 15 is 0 Å². The van der Waals surface area contributed by atoms with Crippen LogP contribution < -0.4 is 10.6 Å². The fourth-order valence-corrected chi connectivity index (χ4v) is 3.26. The molecule has 1 fully saturated rings. The highest BCUT2D eigenvalue weighted by Gasteiger charge is 2.25. The van der Waals surface area contributed by atoms with Gasteiger partial charge in [-0.2, -0.15) is 0 Å². The Hall–Kier alpha value is -1.53. The average Bonchev–Trinajstić information content (AvgIpc) is 3.33. The van der Waals surface area contributed by atoms with Crippen LogP contribution >= 0.6 is 0 Å². The van der Waals surface area contributed by atoms with Gasteiger partial charge in [-0.1, -0.05) is 13.3 Å². The maximum absolute atomic E-state index is 5.68. The molecule has 0 radical (unpaired) electrons. The summed E-state index contributed by atoms with van der Waals surface area (Å²) in [6, 6.07) is 4.31. The van der Waals surface area contributed by atoms with Crippen LogP contribution in [0.3, 0.4) is 0 Å². The lowest BCUT2D eigenvalue weighted by molar-refractivity contribution is 0.215. The second-order valence-corrected chi connectivity index (χ2v) is 6.81. The van der Waals surface area contributed by atoms with Crippen LogP contribution in [0.1, 0.15) is 44.4 Å². The molecule has 0 aliphatic carbocycles. The molecular weight excluding hydrogens is 314 g/mol. The van der Waals surface area contributed by atoms with Crippen LogP contribution in [-0.4, -0.2) is 69.1 Å². The van der Waals surface area contributed by atoms with E-state index in [1.165, 1.54) is 25.7 Å². The number of likely N-dealkylation sites (N-methyl/N-ethyl adjacent to an activating group) is 1. The molecule has 1 atom stereocenters. The van der Waals surface area contributed by atoms with E-state index in [0.717, 1.165) is 51.0 Å². The Bertz CT molecular complexity index is 482. The largest absolute Gasteiger partial charge is 0.468 e. The van der Waals surface area contributed by atoms with Gasteiger partial charge >= 0.3 is 0 Å². The Morgan fingerprint density at radius 3 is 2.76 bits per heavy atom. The Morgan fingerprint density at radius 1 is 1.32 bits per heavy atom. The summed E-state index contributed by atoms with van der Waals surface area (Å²) in [6.07, 6.45) is 6.80. The van der Waals surface area contributed by atoms with E-state index in [1.807, 2.05) is 13.1 Å². The number of furan rings is 1. The quantitative estimate of drug-likeness (QED) is 0.501. The third kappa shape index (κ3) is 6.71. The van der Waals surface area contributed by atoms with Gasteiger partial charge in [-0.15, -0.1) is 0 Å². The summed E-state index contributed by atoms with van der Waals surface area (Å²) in [5, 5.41) is 6.89. The third-order valence-corrected chi connectivity index (χ3v) is 4.82. The lowest BCUT2D eigenvalue weighted by Gasteiger charge is -2.27. The van der Waals surface area contributed by atoms with Gasteiger partial charge < -0.3 is 20.0 Å². The number of nitrogens with one attached hydrogen (secondary N) is 2. The van der Waals surface area contributed by atoms with E-state index in [9.17, 15) is 0 Å². The number of rotatable bonds is 10. The Kier molecular flexibility index (Phi) is 8.83. The van der Waals surface area contributed by atoms with E-state index in [0.29, 0.717) is 0 Å². The first-order valence-corrected chi connectivity index (χ1v) is 9.65. The number of hydrogen-bond donors (Lipinski definition) is 2. The van der Waals surface area contributed by atoms with Gasteiger partial charge in [0.15, 0.2) is 5.96 Å². The topological polar surface area (TPSA) is 56.0 Å². The van der Waals surface area contributed by atoms with Crippen molar-refractivity contribution in [3.63, 3.8) is 0 Å². The summed E-state index contributed by atoms with van der Waals surface area (Å²) in [5.74, 6) is 1.89. The number of guanidine groups is 1. The number of aliphatic imine (C=N–C) groups is 1. The predicted molar refractivity (Wildman–Crippen MR) is 104 cm³/mol. The van der Waals surface area contributed by atoms with E-state index in [4.69, 9.17) is 4.42 Å². The zero-order chi connectivity index (χ0) is 17.9. The summed E-state index contributed by atoms with van der Waals surface area (Å²) < 4.78 is 5.68. The number of nitrogens with zero attached hydrogens (tertiary/aromatic N) is 3. The first kappa shape index (κ1) is 19.8. The van der Waals surface area contributed by atoms with E-state index in [1.54, 1.807) is 6.26 Å². The molecule has 2 rings (SSSR count). The zero-order valence-corrected chi connectivity index (χ0v) is 16.1. The molecule has 1 saturated heterocycles. The van der Waals surface area contributed by atoms with Crippen LogP contribution in [0.25, 0.3) is 0 Å². The van der Waals surface area contributed by atoms with Crippen molar-refractivity contribution < 1.29 is 4.42 Å². The molecule has 0 spiro atoms. The standard InChI is InChI=1S/C19H35N5O/c1-4-5-11-23(3)14-10-21-19(20-2)22-16-17(18-9-8-15-25-18)24-12-6-7-13-24/h8-9,15,17H,4-7,10-14,16H2,1-3H3,(H2,20,21,22). The maximum atomic E-state index is 5.68. The van der Waals surface area contributed by atoms with Crippen molar-refractivity contribution >= 4 is 5.96 Å². The van der Waals surface area contributed by atoms with Gasteiger partial charge in [-0.25, -0.2) is 0 Å². The van der Waals surface area contributed by atoms with Crippen LogP contribution in [0.5, 0.6) is 0 Å². The van der Waals surface area contributed by atoms with Crippen molar-refractivity contribution in [2.75, 3.05) is 53.4 Å². The van der Waals surface area contributed by atoms with E-state index in [2.05, 4.69) is 45.5 Å². The molecule has 0 amide bonds. The van der Waals surface area contributed by atoms with Crippen molar-refractivity contribution in [2.45, 2.75) is 38.6 Å². The fraction of sp³-hybridized carbons (Fsp3) is 0.737. The SMILES string of the molecule is CCCCN(C)CCNC(=NC)NCC(c1ccco1)N1CCCC1. The smallest absolute Gasteiger partial charge is 0.191 e. The Morgan fingerprint density at radius 2 is 2.12 bits per heavy atom. The molecule has 1 aliphatic rings. The molecule has 0 saturated carbocycles. The molecule has 0 aromatic carbocycles. The van der Waals surface area contributed by atoms with Crippen molar-refractivity contribution in [3.05, 3.63) is 24.2 Å². The molecule has 142 valence electrons. The average molecular weight is 350 g/mol. The first-order chi connectivity index (χ1) is 12.2. The van der Waals surface area contributed by atoms with Gasteiger partial charge in [-0.3, -0.25) is 9.89 Å². The van der Waals surface area contributed by atoms with Crippen LogP contribution in [0, 0.1) is 0 Å². The normalized spacial score (nSPS) is 17.2. The highest BCUT2D eigenvalue weighted by molar-refractivity contribution is 5.79. The summed E-state index contributed by atoms with van der Waals surface area (Å²) in [6.45, 7) is 8.39. The highest BCUT2D eigenvalue weighted by atomic mass is 16.3. The molecule has 1 unspecified atom stereocenters. The third-order valence-electron chi connectivity index (χ3n) is 4.82. The summed E-state index contributed by atoms with van der Waals surface area (Å²) >= 11 is 0. The minimum atomic E-state index is 0.267.